The molecule has 0 fully saturated rings. The molecule has 0 aliphatic rings. The molecule has 2 aromatic heterocycles. The Morgan fingerprint density at radius 1 is 1.37 bits per heavy atom. The zero-order valence-corrected chi connectivity index (χ0v) is 11.9. The van der Waals surface area contributed by atoms with Gasteiger partial charge in [0, 0.05) is 18.4 Å². The summed E-state index contributed by atoms with van der Waals surface area (Å²) in [5, 5.41) is 15.0. The quantitative estimate of drug-likeness (QED) is 0.914. The third-order valence-corrected chi connectivity index (χ3v) is 3.31. The highest BCUT2D eigenvalue weighted by Crippen LogP contribution is 2.28. The van der Waals surface area contributed by atoms with Crippen LogP contribution in [0.15, 0.2) is 30.7 Å². The fraction of sp³-hybridized carbons (Fsp3) is 0.429. The Balaban J connectivity index is 2.08. The van der Waals surface area contributed by atoms with Gasteiger partial charge in [0.15, 0.2) is 0 Å². The van der Waals surface area contributed by atoms with Crippen molar-refractivity contribution in [2.24, 2.45) is 0 Å². The first-order chi connectivity index (χ1) is 9.09. The van der Waals surface area contributed by atoms with Crippen LogP contribution in [0.2, 0.25) is 5.02 Å². The van der Waals surface area contributed by atoms with Crippen molar-refractivity contribution < 1.29 is 5.11 Å². The van der Waals surface area contributed by atoms with Crippen LogP contribution >= 0.6 is 11.6 Å². The second kappa shape index (κ2) is 6.17. The van der Waals surface area contributed by atoms with Gasteiger partial charge < -0.3 is 5.11 Å². The normalized spacial score (nSPS) is 12.9. The van der Waals surface area contributed by atoms with Gasteiger partial charge in [0.2, 0.25) is 0 Å². The summed E-state index contributed by atoms with van der Waals surface area (Å²) in [6, 6.07) is 4.07. The molecule has 0 aromatic carbocycles. The minimum absolute atomic E-state index is 0.176. The molecule has 5 heteroatoms. The Morgan fingerprint density at radius 3 is 2.79 bits per heavy atom. The van der Waals surface area contributed by atoms with E-state index in [4.69, 9.17) is 11.6 Å². The van der Waals surface area contributed by atoms with Crippen LogP contribution < -0.4 is 0 Å². The number of aliphatic hydroxyl groups excluding tert-OH is 1. The van der Waals surface area contributed by atoms with Gasteiger partial charge in [-0.2, -0.15) is 5.10 Å². The van der Waals surface area contributed by atoms with Crippen LogP contribution in [0, 0.1) is 0 Å². The van der Waals surface area contributed by atoms with E-state index in [1.165, 1.54) is 0 Å². The lowest BCUT2D eigenvalue weighted by Gasteiger charge is -2.16. The van der Waals surface area contributed by atoms with E-state index in [1.54, 1.807) is 17.1 Å². The van der Waals surface area contributed by atoms with Crippen molar-refractivity contribution in [2.45, 2.75) is 38.8 Å². The summed E-state index contributed by atoms with van der Waals surface area (Å²) in [5.41, 5.74) is 1.80. The molecule has 1 unspecified atom stereocenters. The average Bonchev–Trinajstić information content (AvgIpc) is 2.79. The van der Waals surface area contributed by atoms with Gasteiger partial charge in [-0.25, -0.2) is 0 Å². The van der Waals surface area contributed by atoms with Crippen molar-refractivity contribution >= 4 is 11.6 Å². The van der Waals surface area contributed by atoms with Crippen molar-refractivity contribution in [1.29, 1.82) is 0 Å². The van der Waals surface area contributed by atoms with Crippen LogP contribution in [-0.2, 0) is 6.42 Å². The minimum Gasteiger partial charge on any atom is -0.387 e. The van der Waals surface area contributed by atoms with Crippen molar-refractivity contribution in [1.82, 2.24) is 14.8 Å². The molecule has 1 atom stereocenters. The number of pyridine rings is 1. The summed E-state index contributed by atoms with van der Waals surface area (Å²) in [7, 11) is 0. The predicted octanol–water partition coefficient (Wildman–Crippen LogP) is 3.18. The van der Waals surface area contributed by atoms with Crippen molar-refractivity contribution in [3.05, 3.63) is 47.0 Å². The van der Waals surface area contributed by atoms with E-state index >= 15 is 0 Å². The Bertz CT molecular complexity index is 525. The average molecular weight is 280 g/mol. The van der Waals surface area contributed by atoms with Crippen LogP contribution in [-0.4, -0.2) is 19.9 Å². The number of aromatic nitrogens is 3. The molecule has 2 aromatic rings. The first-order valence-electron chi connectivity index (χ1n) is 6.39. The van der Waals surface area contributed by atoms with Crippen molar-refractivity contribution in [2.75, 3.05) is 0 Å². The number of hydrogen-bond donors (Lipinski definition) is 1. The number of halogens is 1. The van der Waals surface area contributed by atoms with Gasteiger partial charge in [0.05, 0.1) is 23.0 Å². The SMILES string of the molecule is CC(C)n1ncc(Cl)c1C(O)CCc1cccnc1. The minimum atomic E-state index is -0.613. The standard InChI is InChI=1S/C14H18ClN3O/c1-10(2)18-14(12(15)9-17-18)13(19)6-5-11-4-3-7-16-8-11/h3-4,7-10,13,19H,5-6H2,1-2H3. The van der Waals surface area contributed by atoms with Gasteiger partial charge in [0.25, 0.3) is 0 Å². The smallest absolute Gasteiger partial charge is 0.0975 e. The van der Waals surface area contributed by atoms with E-state index in [0.717, 1.165) is 12.0 Å². The van der Waals surface area contributed by atoms with Gasteiger partial charge in [-0.15, -0.1) is 0 Å². The van der Waals surface area contributed by atoms with Gasteiger partial charge in [-0.05, 0) is 38.3 Å². The second-order valence-electron chi connectivity index (χ2n) is 4.83. The lowest BCUT2D eigenvalue weighted by molar-refractivity contribution is 0.154. The third kappa shape index (κ3) is 3.33. The van der Waals surface area contributed by atoms with E-state index in [-0.39, 0.29) is 6.04 Å². The first-order valence-corrected chi connectivity index (χ1v) is 6.77. The lowest BCUT2D eigenvalue weighted by atomic mass is 10.1. The van der Waals surface area contributed by atoms with Gasteiger partial charge in [-0.3, -0.25) is 9.67 Å². The molecule has 0 spiro atoms. The van der Waals surface area contributed by atoms with Crippen LogP contribution in [0.4, 0.5) is 0 Å². The summed E-state index contributed by atoms with van der Waals surface area (Å²) in [6.45, 7) is 4.03. The Labute approximate surface area is 118 Å². The van der Waals surface area contributed by atoms with E-state index in [1.807, 2.05) is 32.2 Å². The van der Waals surface area contributed by atoms with Crippen molar-refractivity contribution in [3.8, 4) is 0 Å². The molecule has 2 heterocycles. The first kappa shape index (κ1) is 14.0. The number of aliphatic hydroxyl groups is 1. The Hall–Kier alpha value is -1.39. The molecule has 102 valence electrons. The highest BCUT2D eigenvalue weighted by molar-refractivity contribution is 6.31. The fourth-order valence-corrected chi connectivity index (χ4v) is 2.32. The van der Waals surface area contributed by atoms with Gasteiger partial charge in [0.1, 0.15) is 0 Å². The fourth-order valence-electron chi connectivity index (χ4n) is 2.06. The monoisotopic (exact) mass is 279 g/mol. The largest absolute Gasteiger partial charge is 0.387 e. The molecule has 0 radical (unpaired) electrons. The number of rotatable bonds is 5. The Morgan fingerprint density at radius 2 is 2.16 bits per heavy atom. The molecule has 0 aliphatic heterocycles. The van der Waals surface area contributed by atoms with E-state index in [9.17, 15) is 5.11 Å². The molecule has 19 heavy (non-hydrogen) atoms. The second-order valence-corrected chi connectivity index (χ2v) is 5.24. The summed E-state index contributed by atoms with van der Waals surface area (Å²) < 4.78 is 1.77. The topological polar surface area (TPSA) is 50.9 Å². The molecular weight excluding hydrogens is 262 g/mol. The lowest BCUT2D eigenvalue weighted by Crippen LogP contribution is -2.12. The molecule has 0 amide bonds. The summed E-state index contributed by atoms with van der Waals surface area (Å²) >= 11 is 6.11. The maximum atomic E-state index is 10.3. The molecule has 4 nitrogen and oxygen atoms in total. The summed E-state index contributed by atoms with van der Waals surface area (Å²) in [5.74, 6) is 0. The van der Waals surface area contributed by atoms with Gasteiger partial charge in [-0.1, -0.05) is 17.7 Å². The maximum Gasteiger partial charge on any atom is 0.0975 e. The van der Waals surface area contributed by atoms with E-state index in [0.29, 0.717) is 17.1 Å². The van der Waals surface area contributed by atoms with Crippen LogP contribution in [0.1, 0.15) is 43.7 Å². The third-order valence-electron chi connectivity index (χ3n) is 3.02. The molecule has 0 saturated heterocycles. The van der Waals surface area contributed by atoms with Crippen LogP contribution in [0.5, 0.6) is 0 Å². The molecule has 0 aliphatic carbocycles. The van der Waals surface area contributed by atoms with E-state index < -0.39 is 6.10 Å². The highest BCUT2D eigenvalue weighted by Gasteiger charge is 2.19. The number of hydrogen-bond acceptors (Lipinski definition) is 3. The zero-order chi connectivity index (χ0) is 13.8. The molecule has 0 saturated carbocycles. The highest BCUT2D eigenvalue weighted by atomic mass is 35.5. The van der Waals surface area contributed by atoms with Crippen LogP contribution in [0.3, 0.4) is 0 Å². The molecular formula is C14H18ClN3O. The van der Waals surface area contributed by atoms with E-state index in [2.05, 4.69) is 10.1 Å². The zero-order valence-electron chi connectivity index (χ0n) is 11.1. The molecule has 2 rings (SSSR count). The summed E-state index contributed by atoms with van der Waals surface area (Å²) in [4.78, 5) is 4.06. The molecule has 1 N–H and O–H groups in total. The molecule has 0 bridgehead atoms. The Kier molecular flexibility index (Phi) is 4.56. The van der Waals surface area contributed by atoms with Crippen molar-refractivity contribution in [3.63, 3.8) is 0 Å². The van der Waals surface area contributed by atoms with Gasteiger partial charge >= 0.3 is 0 Å². The van der Waals surface area contributed by atoms with Crippen LogP contribution in [0.25, 0.3) is 0 Å². The number of aryl methyl sites for hydroxylation is 1. The predicted molar refractivity (Wildman–Crippen MR) is 75.1 cm³/mol. The maximum absolute atomic E-state index is 10.3. The summed E-state index contributed by atoms with van der Waals surface area (Å²) in [6.07, 6.45) is 5.89. The number of nitrogens with zero attached hydrogens (tertiary/aromatic N) is 3.